The molecule has 0 fully saturated rings. The standard InChI is InChI=1S/C19H20N4O5/c1-4-10-21-17(26)22(11-5-2)19(28)23(18(21)27)12-16(25)20-15-8-6-14(7-9-15)13(3)24/h4-9H,1-2,10-12H2,3H3,(H,20,25). The van der Waals surface area contributed by atoms with E-state index in [1.165, 1.54) is 31.2 Å². The molecule has 146 valence electrons. The molecule has 0 spiro atoms. The molecule has 2 aromatic rings. The number of Topliss-reactive ketones (excluding diaryl/α,β-unsaturated/α-hetero) is 1. The summed E-state index contributed by atoms with van der Waals surface area (Å²) in [5.74, 6) is -0.750. The Bertz CT molecular complexity index is 1050. The van der Waals surface area contributed by atoms with Gasteiger partial charge in [-0.1, -0.05) is 12.2 Å². The number of nitrogens with zero attached hydrogens (tertiary/aromatic N) is 3. The van der Waals surface area contributed by atoms with Crippen LogP contribution >= 0.6 is 0 Å². The third-order valence-electron chi connectivity index (χ3n) is 3.89. The lowest BCUT2D eigenvalue weighted by atomic mass is 10.1. The second kappa shape index (κ2) is 8.76. The molecule has 1 amide bonds. The van der Waals surface area contributed by atoms with E-state index < -0.39 is 29.5 Å². The number of benzene rings is 1. The second-order valence-corrected chi connectivity index (χ2v) is 5.91. The van der Waals surface area contributed by atoms with Crippen LogP contribution in [0.5, 0.6) is 0 Å². The molecule has 0 saturated heterocycles. The Balaban J connectivity index is 2.37. The maximum atomic E-state index is 12.5. The first-order valence-electron chi connectivity index (χ1n) is 8.37. The molecule has 28 heavy (non-hydrogen) atoms. The highest BCUT2D eigenvalue weighted by Crippen LogP contribution is 2.09. The van der Waals surface area contributed by atoms with Gasteiger partial charge in [0, 0.05) is 11.3 Å². The van der Waals surface area contributed by atoms with Crippen LogP contribution in [-0.2, 0) is 24.4 Å². The van der Waals surface area contributed by atoms with Gasteiger partial charge >= 0.3 is 17.1 Å². The zero-order valence-electron chi connectivity index (χ0n) is 15.4. The number of hydrogen-bond acceptors (Lipinski definition) is 5. The van der Waals surface area contributed by atoms with E-state index >= 15 is 0 Å². The van der Waals surface area contributed by atoms with Crippen LogP contribution < -0.4 is 22.4 Å². The van der Waals surface area contributed by atoms with Gasteiger partial charge in [0.2, 0.25) is 5.91 Å². The summed E-state index contributed by atoms with van der Waals surface area (Å²) in [6.45, 7) is 7.59. The number of carbonyl (C=O) groups is 2. The fourth-order valence-corrected chi connectivity index (χ4v) is 2.52. The van der Waals surface area contributed by atoms with Crippen molar-refractivity contribution in [1.82, 2.24) is 13.7 Å². The van der Waals surface area contributed by atoms with E-state index in [1.807, 2.05) is 0 Å². The van der Waals surface area contributed by atoms with Crippen molar-refractivity contribution in [3.8, 4) is 0 Å². The van der Waals surface area contributed by atoms with Gasteiger partial charge in [-0.2, -0.15) is 0 Å². The number of rotatable bonds is 8. The molecular formula is C19H20N4O5. The van der Waals surface area contributed by atoms with Crippen molar-refractivity contribution in [2.24, 2.45) is 0 Å². The molecule has 1 aromatic heterocycles. The Morgan fingerprint density at radius 2 is 1.36 bits per heavy atom. The summed E-state index contributed by atoms with van der Waals surface area (Å²) in [6, 6.07) is 6.16. The van der Waals surface area contributed by atoms with Crippen LogP contribution in [-0.4, -0.2) is 25.4 Å². The molecule has 0 aliphatic rings. The molecule has 1 heterocycles. The summed E-state index contributed by atoms with van der Waals surface area (Å²) < 4.78 is 2.30. The van der Waals surface area contributed by atoms with Crippen LogP contribution in [0.15, 0.2) is 64.0 Å². The average Bonchev–Trinajstić information content (AvgIpc) is 2.66. The fourth-order valence-electron chi connectivity index (χ4n) is 2.52. The first kappa shape index (κ1) is 20.6. The fraction of sp³-hybridized carbons (Fsp3) is 0.211. The molecule has 0 aliphatic carbocycles. The molecule has 1 aromatic carbocycles. The number of allylic oxidation sites excluding steroid dienone is 2. The molecular weight excluding hydrogens is 364 g/mol. The lowest BCUT2D eigenvalue weighted by molar-refractivity contribution is -0.116. The van der Waals surface area contributed by atoms with E-state index in [4.69, 9.17) is 0 Å². The lowest BCUT2D eigenvalue weighted by Gasteiger charge is -2.12. The van der Waals surface area contributed by atoms with Crippen molar-refractivity contribution < 1.29 is 9.59 Å². The van der Waals surface area contributed by atoms with E-state index in [2.05, 4.69) is 18.5 Å². The van der Waals surface area contributed by atoms with Gasteiger partial charge < -0.3 is 5.32 Å². The van der Waals surface area contributed by atoms with Crippen LogP contribution in [0.25, 0.3) is 0 Å². The average molecular weight is 384 g/mol. The molecule has 0 bridgehead atoms. The lowest BCUT2D eigenvalue weighted by Crippen LogP contribution is -2.55. The van der Waals surface area contributed by atoms with Crippen molar-refractivity contribution in [3.05, 3.63) is 86.6 Å². The number of anilines is 1. The molecule has 0 saturated carbocycles. The van der Waals surface area contributed by atoms with E-state index in [-0.39, 0.29) is 18.9 Å². The van der Waals surface area contributed by atoms with Crippen LogP contribution in [0.2, 0.25) is 0 Å². The molecule has 0 aliphatic heterocycles. The molecule has 0 unspecified atom stereocenters. The van der Waals surface area contributed by atoms with Crippen LogP contribution in [0.3, 0.4) is 0 Å². The van der Waals surface area contributed by atoms with Gasteiger partial charge in [0.1, 0.15) is 6.54 Å². The van der Waals surface area contributed by atoms with Crippen LogP contribution in [0, 0.1) is 0 Å². The number of carbonyl (C=O) groups excluding carboxylic acids is 2. The van der Waals surface area contributed by atoms with Gasteiger partial charge in [-0.3, -0.25) is 9.59 Å². The molecule has 0 radical (unpaired) electrons. The topological polar surface area (TPSA) is 112 Å². The van der Waals surface area contributed by atoms with Crippen molar-refractivity contribution in [2.75, 3.05) is 5.32 Å². The summed E-state index contributed by atoms with van der Waals surface area (Å²) in [5.41, 5.74) is -1.73. The number of hydrogen-bond donors (Lipinski definition) is 1. The van der Waals surface area contributed by atoms with E-state index in [1.54, 1.807) is 12.1 Å². The molecule has 0 atom stereocenters. The third-order valence-corrected chi connectivity index (χ3v) is 3.89. The second-order valence-electron chi connectivity index (χ2n) is 5.91. The van der Waals surface area contributed by atoms with Gasteiger partial charge in [-0.15, -0.1) is 13.2 Å². The Hall–Kier alpha value is -3.75. The summed E-state index contributed by atoms with van der Waals surface area (Å²) in [7, 11) is 0. The van der Waals surface area contributed by atoms with E-state index in [9.17, 15) is 24.0 Å². The van der Waals surface area contributed by atoms with Gasteiger partial charge in [0.05, 0.1) is 13.1 Å². The minimum atomic E-state index is -0.905. The number of aromatic nitrogens is 3. The minimum absolute atomic E-state index is 0.108. The Morgan fingerprint density at radius 3 is 1.79 bits per heavy atom. The van der Waals surface area contributed by atoms with Crippen molar-refractivity contribution in [1.29, 1.82) is 0 Å². The summed E-state index contributed by atoms with van der Waals surface area (Å²) in [4.78, 5) is 60.9. The third kappa shape index (κ3) is 4.32. The highest BCUT2D eigenvalue weighted by atomic mass is 16.2. The number of amides is 1. The van der Waals surface area contributed by atoms with Crippen LogP contribution in [0.4, 0.5) is 5.69 Å². The van der Waals surface area contributed by atoms with Gasteiger partial charge in [0.25, 0.3) is 0 Å². The molecule has 9 heteroatoms. The molecule has 1 N–H and O–H groups in total. The summed E-state index contributed by atoms with van der Waals surface area (Å²) in [5, 5.41) is 2.54. The van der Waals surface area contributed by atoms with Gasteiger partial charge in [-0.25, -0.2) is 28.1 Å². The predicted octanol–water partition coefficient (Wildman–Crippen LogP) is 0.385. The maximum absolute atomic E-state index is 12.5. The largest absolute Gasteiger partial charge is 0.337 e. The molecule has 2 rings (SSSR count). The van der Waals surface area contributed by atoms with Crippen LogP contribution in [0.1, 0.15) is 17.3 Å². The minimum Gasteiger partial charge on any atom is -0.325 e. The Morgan fingerprint density at radius 1 is 0.893 bits per heavy atom. The SMILES string of the molecule is C=CCn1c(=O)n(CC=C)c(=O)n(CC(=O)Nc2ccc(C(C)=O)cc2)c1=O. The number of ketones is 1. The monoisotopic (exact) mass is 384 g/mol. The zero-order valence-corrected chi connectivity index (χ0v) is 15.4. The quantitative estimate of drug-likeness (QED) is 0.522. The first-order chi connectivity index (χ1) is 13.3. The Labute approximate surface area is 159 Å². The normalized spacial score (nSPS) is 10.3. The van der Waals surface area contributed by atoms with Crippen molar-refractivity contribution in [3.63, 3.8) is 0 Å². The highest BCUT2D eigenvalue weighted by molar-refractivity contribution is 5.95. The smallest absolute Gasteiger partial charge is 0.325 e. The van der Waals surface area contributed by atoms with Crippen molar-refractivity contribution >= 4 is 17.4 Å². The van der Waals surface area contributed by atoms with E-state index in [0.717, 1.165) is 9.13 Å². The highest BCUT2D eigenvalue weighted by Gasteiger charge is 2.16. The zero-order chi connectivity index (χ0) is 20.8. The molecule has 9 nitrogen and oxygen atoms in total. The number of nitrogens with one attached hydrogen (secondary N) is 1. The van der Waals surface area contributed by atoms with Crippen molar-refractivity contribution in [2.45, 2.75) is 26.6 Å². The van der Waals surface area contributed by atoms with Gasteiger partial charge in [0.15, 0.2) is 5.78 Å². The first-order valence-corrected chi connectivity index (χ1v) is 8.37. The predicted molar refractivity (Wildman–Crippen MR) is 105 cm³/mol. The maximum Gasteiger partial charge on any atom is 0.337 e. The summed E-state index contributed by atoms with van der Waals surface area (Å²) >= 11 is 0. The summed E-state index contributed by atoms with van der Waals surface area (Å²) in [6.07, 6.45) is 2.68. The van der Waals surface area contributed by atoms with Gasteiger partial charge in [-0.05, 0) is 31.2 Å². The Kier molecular flexibility index (Phi) is 6.43. The van der Waals surface area contributed by atoms with E-state index in [0.29, 0.717) is 15.8 Å².